The number of fused-ring (bicyclic) bond motifs is 4. The van der Waals surface area contributed by atoms with E-state index in [1.54, 1.807) is 29.8 Å². The van der Waals surface area contributed by atoms with Crippen LogP contribution >= 0.6 is 11.8 Å². The van der Waals surface area contributed by atoms with Gasteiger partial charge in [0.25, 0.3) is 0 Å². The smallest absolute Gasteiger partial charge is 0.248 e. The number of benzene rings is 2. The number of anilines is 1. The quantitative estimate of drug-likeness (QED) is 0.725. The molecule has 2 saturated heterocycles. The van der Waals surface area contributed by atoms with Crippen molar-refractivity contribution in [2.45, 2.75) is 30.7 Å². The van der Waals surface area contributed by atoms with Crippen LogP contribution in [0.3, 0.4) is 0 Å². The Kier molecular flexibility index (Phi) is 3.84. The number of thioether (sulfide) groups is 1. The molecular formula is C21H20N2O4S. The molecule has 0 bridgehead atoms. The van der Waals surface area contributed by atoms with Crippen LogP contribution in [0.25, 0.3) is 21.9 Å². The summed E-state index contributed by atoms with van der Waals surface area (Å²) < 4.78 is 11.4. The zero-order chi connectivity index (χ0) is 19.5. The predicted octanol–water partition coefficient (Wildman–Crippen LogP) is 3.99. The van der Waals surface area contributed by atoms with Gasteiger partial charge < -0.3 is 19.4 Å². The first kappa shape index (κ1) is 17.4. The molecule has 0 saturated carbocycles. The first-order chi connectivity index (χ1) is 13.5. The standard InChI is InChI=1S/C21H20N2O4S/c1-21-8-7-19(24)23(21)15(11-28-21)20(25)22-14-10-17-13(9-18(14)26-2)12-5-3-4-6-16(12)27-17/h3-6,9-10,15H,7-8,11H2,1-2H3,(H,22,25). The van der Waals surface area contributed by atoms with Gasteiger partial charge in [0, 0.05) is 29.0 Å². The number of ether oxygens (including phenoxy) is 1. The fourth-order valence-corrected chi connectivity index (χ4v) is 5.68. The van der Waals surface area contributed by atoms with E-state index in [4.69, 9.17) is 9.15 Å². The number of furan rings is 1. The van der Waals surface area contributed by atoms with E-state index in [-0.39, 0.29) is 16.7 Å². The van der Waals surface area contributed by atoms with Crippen molar-refractivity contribution in [3.8, 4) is 5.75 Å². The van der Waals surface area contributed by atoms with Crippen LogP contribution in [-0.2, 0) is 9.59 Å². The van der Waals surface area contributed by atoms with Gasteiger partial charge in [0.1, 0.15) is 23.0 Å². The molecule has 2 aliphatic rings. The third-order valence-electron chi connectivity index (χ3n) is 5.70. The lowest BCUT2D eigenvalue weighted by atomic mass is 10.1. The Balaban J connectivity index is 1.50. The number of para-hydroxylation sites is 1. The van der Waals surface area contributed by atoms with Crippen LogP contribution < -0.4 is 10.1 Å². The molecule has 1 aromatic heterocycles. The molecule has 1 N–H and O–H groups in total. The van der Waals surface area contributed by atoms with Gasteiger partial charge >= 0.3 is 0 Å². The second-order valence-corrected chi connectivity index (χ2v) is 8.90. The van der Waals surface area contributed by atoms with Gasteiger partial charge in [-0.25, -0.2) is 0 Å². The van der Waals surface area contributed by atoms with Crippen LogP contribution in [0.5, 0.6) is 5.75 Å². The fourth-order valence-electron chi connectivity index (χ4n) is 4.25. The van der Waals surface area contributed by atoms with Crippen molar-refractivity contribution in [2.75, 3.05) is 18.2 Å². The van der Waals surface area contributed by atoms with E-state index >= 15 is 0 Å². The summed E-state index contributed by atoms with van der Waals surface area (Å²) in [6.07, 6.45) is 1.29. The Bertz CT molecular complexity index is 1120. The van der Waals surface area contributed by atoms with E-state index < -0.39 is 6.04 Å². The van der Waals surface area contributed by atoms with Gasteiger partial charge in [0.05, 0.1) is 17.7 Å². The van der Waals surface area contributed by atoms with E-state index in [1.807, 2.05) is 37.3 Å². The summed E-state index contributed by atoms with van der Waals surface area (Å²) in [6, 6.07) is 11.0. The molecule has 3 aromatic rings. The summed E-state index contributed by atoms with van der Waals surface area (Å²) in [5, 5.41) is 4.89. The lowest BCUT2D eigenvalue weighted by molar-refractivity contribution is -0.135. The number of methoxy groups -OCH3 is 1. The molecule has 2 unspecified atom stereocenters. The van der Waals surface area contributed by atoms with Crippen LogP contribution in [0.15, 0.2) is 40.8 Å². The van der Waals surface area contributed by atoms with Crippen LogP contribution in [0.1, 0.15) is 19.8 Å². The second-order valence-electron chi connectivity index (χ2n) is 7.40. The van der Waals surface area contributed by atoms with Gasteiger partial charge in [-0.2, -0.15) is 0 Å². The molecule has 144 valence electrons. The molecule has 2 aromatic carbocycles. The van der Waals surface area contributed by atoms with E-state index in [9.17, 15) is 9.59 Å². The number of rotatable bonds is 3. The highest BCUT2D eigenvalue weighted by Gasteiger charge is 2.52. The third kappa shape index (κ3) is 2.49. The number of hydrogen-bond acceptors (Lipinski definition) is 5. The highest BCUT2D eigenvalue weighted by atomic mass is 32.2. The van der Waals surface area contributed by atoms with Gasteiger partial charge in [-0.3, -0.25) is 9.59 Å². The first-order valence-corrected chi connectivity index (χ1v) is 10.2. The summed E-state index contributed by atoms with van der Waals surface area (Å²) >= 11 is 1.68. The highest BCUT2D eigenvalue weighted by molar-refractivity contribution is 8.01. The zero-order valence-electron chi connectivity index (χ0n) is 15.7. The maximum absolute atomic E-state index is 13.0. The number of carbonyl (C=O) groups is 2. The van der Waals surface area contributed by atoms with E-state index in [1.165, 1.54) is 0 Å². The van der Waals surface area contributed by atoms with Gasteiger partial charge in [-0.15, -0.1) is 11.8 Å². The topological polar surface area (TPSA) is 71.8 Å². The molecule has 2 aliphatic heterocycles. The van der Waals surface area contributed by atoms with Gasteiger partial charge in [-0.05, 0) is 25.5 Å². The monoisotopic (exact) mass is 396 g/mol. The lowest BCUT2D eigenvalue weighted by Gasteiger charge is -2.29. The highest BCUT2D eigenvalue weighted by Crippen LogP contribution is 2.47. The Labute approximate surface area is 166 Å². The number of nitrogens with zero attached hydrogens (tertiary/aromatic N) is 1. The predicted molar refractivity (Wildman–Crippen MR) is 110 cm³/mol. The SMILES string of the molecule is COc1cc2c(cc1NC(=O)C1CSC3(C)CCC(=O)N13)oc1ccccc12. The molecule has 0 radical (unpaired) electrons. The molecule has 5 rings (SSSR count). The summed E-state index contributed by atoms with van der Waals surface area (Å²) in [7, 11) is 1.57. The van der Waals surface area contributed by atoms with E-state index in [2.05, 4.69) is 5.32 Å². The van der Waals surface area contributed by atoms with E-state index in [0.717, 1.165) is 22.8 Å². The maximum Gasteiger partial charge on any atom is 0.248 e. The Morgan fingerprint density at radius 2 is 2.11 bits per heavy atom. The van der Waals surface area contributed by atoms with Crippen molar-refractivity contribution in [2.24, 2.45) is 0 Å². The number of hydrogen-bond donors (Lipinski definition) is 1. The Hall–Kier alpha value is -2.67. The van der Waals surface area contributed by atoms with Crippen molar-refractivity contribution >= 4 is 51.2 Å². The zero-order valence-corrected chi connectivity index (χ0v) is 16.5. The number of nitrogens with one attached hydrogen (secondary N) is 1. The minimum absolute atomic E-state index is 0.0485. The van der Waals surface area contributed by atoms with Crippen molar-refractivity contribution in [1.82, 2.24) is 4.90 Å². The van der Waals surface area contributed by atoms with Crippen LogP contribution in [0.2, 0.25) is 0 Å². The lowest BCUT2D eigenvalue weighted by Crippen LogP contribution is -2.48. The molecule has 2 atom stereocenters. The summed E-state index contributed by atoms with van der Waals surface area (Å²) in [5.74, 6) is 1.02. The van der Waals surface area contributed by atoms with Gasteiger partial charge in [0.15, 0.2) is 0 Å². The van der Waals surface area contributed by atoms with Crippen molar-refractivity contribution < 1.29 is 18.7 Å². The third-order valence-corrected chi connectivity index (χ3v) is 7.21. The summed E-state index contributed by atoms with van der Waals surface area (Å²) in [5.41, 5.74) is 2.01. The minimum Gasteiger partial charge on any atom is -0.495 e. The molecule has 3 heterocycles. The summed E-state index contributed by atoms with van der Waals surface area (Å²) in [4.78, 5) is 26.8. The van der Waals surface area contributed by atoms with Crippen LogP contribution in [0.4, 0.5) is 5.69 Å². The van der Waals surface area contributed by atoms with Gasteiger partial charge in [-0.1, -0.05) is 18.2 Å². The normalized spacial score (nSPS) is 24.1. The van der Waals surface area contributed by atoms with Crippen LogP contribution in [0, 0.1) is 0 Å². The summed E-state index contributed by atoms with van der Waals surface area (Å²) in [6.45, 7) is 2.04. The Morgan fingerprint density at radius 3 is 2.93 bits per heavy atom. The van der Waals surface area contributed by atoms with Crippen molar-refractivity contribution in [3.05, 3.63) is 36.4 Å². The molecule has 7 heteroatoms. The molecular weight excluding hydrogens is 376 g/mol. The minimum atomic E-state index is -0.471. The van der Waals surface area contributed by atoms with Crippen LogP contribution in [-0.4, -0.2) is 40.5 Å². The molecule has 2 amide bonds. The Morgan fingerprint density at radius 1 is 1.29 bits per heavy atom. The maximum atomic E-state index is 13.0. The van der Waals surface area contributed by atoms with Crippen molar-refractivity contribution in [3.63, 3.8) is 0 Å². The fraction of sp³-hybridized carbons (Fsp3) is 0.333. The molecule has 28 heavy (non-hydrogen) atoms. The first-order valence-electron chi connectivity index (χ1n) is 9.26. The molecule has 2 fully saturated rings. The van der Waals surface area contributed by atoms with E-state index in [0.29, 0.717) is 29.2 Å². The van der Waals surface area contributed by atoms with Crippen molar-refractivity contribution in [1.29, 1.82) is 0 Å². The molecule has 0 aliphatic carbocycles. The second kappa shape index (κ2) is 6.17. The molecule has 6 nitrogen and oxygen atoms in total. The largest absolute Gasteiger partial charge is 0.495 e. The number of carbonyl (C=O) groups excluding carboxylic acids is 2. The average Bonchev–Trinajstić information content (AvgIpc) is 3.31. The van der Waals surface area contributed by atoms with Gasteiger partial charge in [0.2, 0.25) is 11.8 Å². The molecule has 0 spiro atoms. The average molecular weight is 396 g/mol. The number of amides is 2.